The Morgan fingerprint density at radius 2 is 2.50 bits per heavy atom. The number of aliphatic hydroxyl groups is 1. The highest BCUT2D eigenvalue weighted by atomic mass is 16.3. The minimum absolute atomic E-state index is 0.300. The van der Waals surface area contributed by atoms with E-state index in [2.05, 4.69) is 4.98 Å². The van der Waals surface area contributed by atoms with Crippen LogP contribution in [0.5, 0.6) is 0 Å². The lowest BCUT2D eigenvalue weighted by atomic mass is 10.3. The molecule has 4 heteroatoms. The second-order valence-electron chi connectivity index (χ2n) is 2.84. The minimum Gasteiger partial charge on any atom is -0.390 e. The molecule has 0 spiro atoms. The minimum atomic E-state index is -0.454. The third-order valence-corrected chi connectivity index (χ3v) is 1.78. The van der Waals surface area contributed by atoms with Gasteiger partial charge in [-0.2, -0.15) is 0 Å². The molecule has 1 aromatic rings. The van der Waals surface area contributed by atoms with Gasteiger partial charge < -0.3 is 20.7 Å². The van der Waals surface area contributed by atoms with Crippen molar-refractivity contribution in [2.75, 3.05) is 25.0 Å². The molecule has 1 unspecified atom stereocenters. The zero-order valence-electron chi connectivity index (χ0n) is 7.20. The van der Waals surface area contributed by atoms with E-state index in [1.807, 2.05) is 30.4 Å². The first-order valence-corrected chi connectivity index (χ1v) is 3.96. The Morgan fingerprint density at radius 3 is 3.00 bits per heavy atom. The maximum Gasteiger partial charge on any atom is 0.0836 e. The predicted molar refractivity (Wildman–Crippen MR) is 49.1 cm³/mol. The number of hydrogen-bond donors (Lipinski definition) is 3. The molecule has 1 aromatic heterocycles. The van der Waals surface area contributed by atoms with Crippen LogP contribution in [0.25, 0.3) is 0 Å². The second kappa shape index (κ2) is 4.13. The molecule has 0 amide bonds. The summed E-state index contributed by atoms with van der Waals surface area (Å²) in [5.41, 5.74) is 6.35. The summed E-state index contributed by atoms with van der Waals surface area (Å²) in [7, 11) is 1.92. The average Bonchev–Trinajstić information content (AvgIpc) is 2.56. The van der Waals surface area contributed by atoms with Crippen molar-refractivity contribution in [1.29, 1.82) is 0 Å². The van der Waals surface area contributed by atoms with E-state index in [1.165, 1.54) is 0 Å². The van der Waals surface area contributed by atoms with Crippen molar-refractivity contribution < 1.29 is 5.11 Å². The van der Waals surface area contributed by atoms with Gasteiger partial charge in [0, 0.05) is 32.5 Å². The number of likely N-dealkylation sites (N-methyl/N-ethyl adjacent to an activating group) is 1. The predicted octanol–water partition coefficient (Wildman–Crippen LogP) is -0.230. The average molecular weight is 169 g/mol. The van der Waals surface area contributed by atoms with Gasteiger partial charge in [-0.3, -0.25) is 0 Å². The van der Waals surface area contributed by atoms with E-state index in [1.54, 1.807) is 0 Å². The highest BCUT2D eigenvalue weighted by Crippen LogP contribution is 2.09. The van der Waals surface area contributed by atoms with Crippen molar-refractivity contribution in [3.8, 4) is 0 Å². The highest BCUT2D eigenvalue weighted by molar-refractivity contribution is 5.43. The summed E-state index contributed by atoms with van der Waals surface area (Å²) in [5, 5.41) is 9.25. The lowest BCUT2D eigenvalue weighted by Crippen LogP contribution is -2.33. The van der Waals surface area contributed by atoms with Crippen LogP contribution in [0.3, 0.4) is 0 Å². The summed E-state index contributed by atoms with van der Waals surface area (Å²) in [6.45, 7) is 0.864. The van der Waals surface area contributed by atoms with Gasteiger partial charge >= 0.3 is 0 Å². The Bertz CT molecular complexity index is 210. The SMILES string of the molecule is CN(CC(O)CN)c1cc[nH]c1. The molecule has 1 atom stereocenters. The standard InChI is InChI=1S/C8H15N3O/c1-11(6-8(12)4-9)7-2-3-10-5-7/h2-3,5,8,10,12H,4,6,9H2,1H3. The normalized spacial score (nSPS) is 12.9. The van der Waals surface area contributed by atoms with E-state index in [0.29, 0.717) is 13.1 Å². The highest BCUT2D eigenvalue weighted by Gasteiger charge is 2.06. The topological polar surface area (TPSA) is 65.3 Å². The van der Waals surface area contributed by atoms with Crippen molar-refractivity contribution in [2.45, 2.75) is 6.10 Å². The Kier molecular flexibility index (Phi) is 3.13. The van der Waals surface area contributed by atoms with Gasteiger partial charge in [0.25, 0.3) is 0 Å². The molecule has 0 aliphatic heterocycles. The number of nitrogens with two attached hydrogens (primary N) is 1. The van der Waals surface area contributed by atoms with Crippen LogP contribution in [0.1, 0.15) is 0 Å². The van der Waals surface area contributed by atoms with E-state index in [9.17, 15) is 5.11 Å². The number of aliphatic hydroxyl groups excluding tert-OH is 1. The third kappa shape index (κ3) is 2.25. The summed E-state index contributed by atoms with van der Waals surface area (Å²) in [4.78, 5) is 4.90. The number of nitrogens with zero attached hydrogens (tertiary/aromatic N) is 1. The number of nitrogens with one attached hydrogen (secondary N) is 1. The number of hydrogen-bond acceptors (Lipinski definition) is 3. The van der Waals surface area contributed by atoms with Crippen molar-refractivity contribution >= 4 is 5.69 Å². The molecule has 0 radical (unpaired) electrons. The molecular formula is C8H15N3O. The maximum absolute atomic E-state index is 9.25. The lowest BCUT2D eigenvalue weighted by Gasteiger charge is -2.20. The van der Waals surface area contributed by atoms with Gasteiger partial charge in [0.1, 0.15) is 0 Å². The molecule has 0 aromatic carbocycles. The molecule has 0 saturated heterocycles. The number of aromatic nitrogens is 1. The molecule has 1 heterocycles. The van der Waals surface area contributed by atoms with Gasteiger partial charge in [-0.05, 0) is 6.07 Å². The summed E-state index contributed by atoms with van der Waals surface area (Å²) in [5.74, 6) is 0. The van der Waals surface area contributed by atoms with Crippen molar-refractivity contribution in [3.63, 3.8) is 0 Å². The second-order valence-corrected chi connectivity index (χ2v) is 2.84. The number of anilines is 1. The van der Waals surface area contributed by atoms with Gasteiger partial charge in [-0.15, -0.1) is 0 Å². The zero-order valence-corrected chi connectivity index (χ0v) is 7.20. The van der Waals surface area contributed by atoms with Gasteiger partial charge in [-0.25, -0.2) is 0 Å². The number of aromatic amines is 1. The fraction of sp³-hybridized carbons (Fsp3) is 0.500. The van der Waals surface area contributed by atoms with Gasteiger partial charge in [0.05, 0.1) is 11.8 Å². The van der Waals surface area contributed by atoms with Crippen LogP contribution >= 0.6 is 0 Å². The Morgan fingerprint density at radius 1 is 1.75 bits per heavy atom. The van der Waals surface area contributed by atoms with E-state index in [-0.39, 0.29) is 0 Å². The molecule has 0 aliphatic carbocycles. The molecule has 0 aliphatic rings. The molecule has 0 fully saturated rings. The summed E-state index contributed by atoms with van der Waals surface area (Å²) >= 11 is 0. The Hall–Kier alpha value is -1.00. The lowest BCUT2D eigenvalue weighted by molar-refractivity contribution is 0.189. The van der Waals surface area contributed by atoms with Crippen LogP contribution < -0.4 is 10.6 Å². The molecule has 1 rings (SSSR count). The molecule has 12 heavy (non-hydrogen) atoms. The van der Waals surface area contributed by atoms with Crippen LogP contribution in [0.15, 0.2) is 18.5 Å². The van der Waals surface area contributed by atoms with Crippen LogP contribution in [0, 0.1) is 0 Å². The van der Waals surface area contributed by atoms with Crippen LogP contribution in [-0.2, 0) is 0 Å². The number of rotatable bonds is 4. The first-order chi connectivity index (χ1) is 5.74. The molecule has 0 saturated carbocycles. The summed E-state index contributed by atoms with van der Waals surface area (Å²) in [6.07, 6.45) is 3.27. The fourth-order valence-electron chi connectivity index (χ4n) is 1.05. The van der Waals surface area contributed by atoms with E-state index in [0.717, 1.165) is 5.69 Å². The molecule has 68 valence electrons. The van der Waals surface area contributed by atoms with Gasteiger partial charge in [-0.1, -0.05) is 0 Å². The summed E-state index contributed by atoms with van der Waals surface area (Å²) in [6, 6.07) is 1.95. The zero-order chi connectivity index (χ0) is 8.97. The van der Waals surface area contributed by atoms with Crippen molar-refractivity contribution in [2.24, 2.45) is 5.73 Å². The third-order valence-electron chi connectivity index (χ3n) is 1.78. The largest absolute Gasteiger partial charge is 0.390 e. The smallest absolute Gasteiger partial charge is 0.0836 e. The van der Waals surface area contributed by atoms with Crippen LogP contribution in [0.4, 0.5) is 5.69 Å². The van der Waals surface area contributed by atoms with Crippen LogP contribution in [-0.4, -0.2) is 36.3 Å². The fourth-order valence-corrected chi connectivity index (χ4v) is 1.05. The molecule has 0 bridgehead atoms. The Balaban J connectivity index is 2.44. The molecule has 4 nitrogen and oxygen atoms in total. The van der Waals surface area contributed by atoms with E-state index < -0.39 is 6.10 Å². The quantitative estimate of drug-likeness (QED) is 0.583. The first-order valence-electron chi connectivity index (χ1n) is 3.96. The van der Waals surface area contributed by atoms with Gasteiger partial charge in [0.15, 0.2) is 0 Å². The van der Waals surface area contributed by atoms with E-state index in [4.69, 9.17) is 5.73 Å². The monoisotopic (exact) mass is 169 g/mol. The first kappa shape index (κ1) is 9.09. The van der Waals surface area contributed by atoms with Crippen LogP contribution in [0.2, 0.25) is 0 Å². The van der Waals surface area contributed by atoms with Crippen molar-refractivity contribution in [1.82, 2.24) is 4.98 Å². The molecular weight excluding hydrogens is 154 g/mol. The van der Waals surface area contributed by atoms with Crippen molar-refractivity contribution in [3.05, 3.63) is 18.5 Å². The van der Waals surface area contributed by atoms with E-state index >= 15 is 0 Å². The Labute approximate surface area is 72.0 Å². The maximum atomic E-state index is 9.25. The van der Waals surface area contributed by atoms with Gasteiger partial charge in [0.2, 0.25) is 0 Å². The molecule has 4 N–H and O–H groups in total. The summed E-state index contributed by atoms with van der Waals surface area (Å²) < 4.78 is 0. The number of H-pyrrole nitrogens is 1.